The first-order valence-electron chi connectivity index (χ1n) is 5.58. The summed E-state index contributed by atoms with van der Waals surface area (Å²) < 4.78 is 31.7. The zero-order valence-electron chi connectivity index (χ0n) is 10.2. The molecule has 2 aromatic rings. The summed E-state index contributed by atoms with van der Waals surface area (Å²) >= 11 is 0. The van der Waals surface area contributed by atoms with E-state index < -0.39 is 11.6 Å². The topological polar surface area (TPSA) is 33.6 Å². The SMILES string of the molecule is COc1ccc(C=NNc2ccccc2)c(F)c1F. The van der Waals surface area contributed by atoms with Crippen molar-refractivity contribution >= 4 is 11.9 Å². The molecule has 3 nitrogen and oxygen atoms in total. The molecule has 0 aromatic heterocycles. The van der Waals surface area contributed by atoms with E-state index in [9.17, 15) is 8.78 Å². The molecule has 0 atom stereocenters. The number of halogens is 2. The van der Waals surface area contributed by atoms with Gasteiger partial charge in [-0.25, -0.2) is 4.39 Å². The second-order valence-corrected chi connectivity index (χ2v) is 3.72. The van der Waals surface area contributed by atoms with Crippen LogP contribution >= 0.6 is 0 Å². The van der Waals surface area contributed by atoms with E-state index in [1.54, 1.807) is 0 Å². The highest BCUT2D eigenvalue weighted by Gasteiger charge is 2.12. The van der Waals surface area contributed by atoms with Gasteiger partial charge < -0.3 is 4.74 Å². The van der Waals surface area contributed by atoms with E-state index in [2.05, 4.69) is 15.3 Å². The van der Waals surface area contributed by atoms with Gasteiger partial charge in [-0.3, -0.25) is 5.43 Å². The van der Waals surface area contributed by atoms with Crippen molar-refractivity contribution in [3.05, 3.63) is 59.7 Å². The van der Waals surface area contributed by atoms with Crippen LogP contribution in [-0.4, -0.2) is 13.3 Å². The van der Waals surface area contributed by atoms with E-state index in [1.807, 2.05) is 30.3 Å². The summed E-state index contributed by atoms with van der Waals surface area (Å²) in [6, 6.07) is 11.9. The van der Waals surface area contributed by atoms with Gasteiger partial charge in [0.25, 0.3) is 0 Å². The number of ether oxygens (including phenoxy) is 1. The van der Waals surface area contributed by atoms with Gasteiger partial charge in [0.05, 0.1) is 19.0 Å². The number of nitrogens with zero attached hydrogens (tertiary/aromatic N) is 1. The van der Waals surface area contributed by atoms with Crippen LogP contribution in [0.1, 0.15) is 5.56 Å². The smallest absolute Gasteiger partial charge is 0.201 e. The Bertz CT molecular complexity index is 585. The van der Waals surface area contributed by atoms with Crippen LogP contribution in [-0.2, 0) is 0 Å². The summed E-state index contributed by atoms with van der Waals surface area (Å²) in [6.07, 6.45) is 1.21. The number of para-hydroxylation sites is 1. The Morgan fingerprint density at radius 1 is 1.05 bits per heavy atom. The van der Waals surface area contributed by atoms with Crippen LogP contribution in [0.2, 0.25) is 0 Å². The highest BCUT2D eigenvalue weighted by Crippen LogP contribution is 2.21. The zero-order valence-corrected chi connectivity index (χ0v) is 10.2. The fourth-order valence-corrected chi connectivity index (χ4v) is 1.49. The molecule has 98 valence electrons. The van der Waals surface area contributed by atoms with Gasteiger partial charge in [0.2, 0.25) is 5.82 Å². The van der Waals surface area contributed by atoms with Gasteiger partial charge in [0.15, 0.2) is 11.6 Å². The van der Waals surface area contributed by atoms with Crippen molar-refractivity contribution in [1.29, 1.82) is 0 Å². The van der Waals surface area contributed by atoms with Gasteiger partial charge in [-0.15, -0.1) is 0 Å². The maximum Gasteiger partial charge on any atom is 0.201 e. The number of hydrogen-bond donors (Lipinski definition) is 1. The average Bonchev–Trinajstić information content (AvgIpc) is 2.45. The van der Waals surface area contributed by atoms with Crippen LogP contribution in [0.15, 0.2) is 47.6 Å². The molecule has 0 aliphatic heterocycles. The largest absolute Gasteiger partial charge is 0.494 e. The molecule has 0 amide bonds. The van der Waals surface area contributed by atoms with Crippen molar-refractivity contribution in [2.24, 2.45) is 5.10 Å². The van der Waals surface area contributed by atoms with Crippen molar-refractivity contribution in [2.45, 2.75) is 0 Å². The lowest BCUT2D eigenvalue weighted by Gasteiger charge is -2.04. The minimum absolute atomic E-state index is 0.0433. The van der Waals surface area contributed by atoms with Crippen LogP contribution < -0.4 is 10.2 Å². The maximum absolute atomic E-state index is 13.6. The van der Waals surface area contributed by atoms with Crippen LogP contribution in [0, 0.1) is 11.6 Å². The zero-order chi connectivity index (χ0) is 13.7. The molecular weight excluding hydrogens is 250 g/mol. The van der Waals surface area contributed by atoms with Gasteiger partial charge in [0, 0.05) is 5.56 Å². The Balaban J connectivity index is 2.13. The van der Waals surface area contributed by atoms with Gasteiger partial charge >= 0.3 is 0 Å². The second kappa shape index (κ2) is 5.95. The van der Waals surface area contributed by atoms with Gasteiger partial charge in [-0.2, -0.15) is 9.49 Å². The van der Waals surface area contributed by atoms with Crippen LogP contribution in [0.3, 0.4) is 0 Å². The number of anilines is 1. The molecule has 1 N–H and O–H groups in total. The molecule has 0 radical (unpaired) electrons. The first-order valence-corrected chi connectivity index (χ1v) is 5.58. The van der Waals surface area contributed by atoms with Crippen molar-refractivity contribution in [3.8, 4) is 5.75 Å². The minimum atomic E-state index is -1.02. The van der Waals surface area contributed by atoms with E-state index in [-0.39, 0.29) is 11.3 Å². The van der Waals surface area contributed by atoms with Gasteiger partial charge in [-0.1, -0.05) is 18.2 Å². The van der Waals surface area contributed by atoms with Crippen LogP contribution in [0.25, 0.3) is 0 Å². The third kappa shape index (κ3) is 3.07. The summed E-state index contributed by atoms with van der Waals surface area (Å²) in [7, 11) is 1.28. The number of nitrogens with one attached hydrogen (secondary N) is 1. The Labute approximate surface area is 109 Å². The van der Waals surface area contributed by atoms with E-state index in [0.29, 0.717) is 0 Å². The molecular formula is C14H12F2N2O. The third-order valence-electron chi connectivity index (χ3n) is 2.47. The highest BCUT2D eigenvalue weighted by atomic mass is 19.2. The molecule has 2 rings (SSSR count). The summed E-state index contributed by atoms with van der Waals surface area (Å²) in [5.41, 5.74) is 3.52. The van der Waals surface area contributed by atoms with Gasteiger partial charge in [0.1, 0.15) is 0 Å². The molecule has 0 aliphatic rings. The fraction of sp³-hybridized carbons (Fsp3) is 0.0714. The number of rotatable bonds is 4. The fourth-order valence-electron chi connectivity index (χ4n) is 1.49. The maximum atomic E-state index is 13.6. The summed E-state index contributed by atoms with van der Waals surface area (Å²) in [5.74, 6) is -2.14. The average molecular weight is 262 g/mol. The Hall–Kier alpha value is -2.43. The lowest BCUT2D eigenvalue weighted by molar-refractivity contribution is 0.371. The lowest BCUT2D eigenvalue weighted by atomic mass is 10.2. The molecule has 19 heavy (non-hydrogen) atoms. The molecule has 5 heteroatoms. The van der Waals surface area contributed by atoms with Crippen molar-refractivity contribution in [1.82, 2.24) is 0 Å². The molecule has 0 saturated carbocycles. The third-order valence-corrected chi connectivity index (χ3v) is 2.47. The second-order valence-electron chi connectivity index (χ2n) is 3.72. The number of hydrogen-bond acceptors (Lipinski definition) is 3. The first-order chi connectivity index (χ1) is 9.22. The Morgan fingerprint density at radius 2 is 1.79 bits per heavy atom. The molecule has 0 heterocycles. The predicted molar refractivity (Wildman–Crippen MR) is 70.6 cm³/mol. The van der Waals surface area contributed by atoms with Crippen molar-refractivity contribution in [3.63, 3.8) is 0 Å². The van der Waals surface area contributed by atoms with Gasteiger partial charge in [-0.05, 0) is 24.3 Å². The Morgan fingerprint density at radius 3 is 2.47 bits per heavy atom. The predicted octanol–water partition coefficient (Wildman–Crippen LogP) is 3.42. The summed E-state index contributed by atoms with van der Waals surface area (Å²) in [6.45, 7) is 0. The number of hydrazone groups is 1. The molecule has 2 aromatic carbocycles. The van der Waals surface area contributed by atoms with Crippen molar-refractivity contribution in [2.75, 3.05) is 12.5 Å². The normalized spacial score (nSPS) is 10.7. The molecule has 0 aliphatic carbocycles. The van der Waals surface area contributed by atoms with E-state index >= 15 is 0 Å². The summed E-state index contributed by atoms with van der Waals surface area (Å²) in [4.78, 5) is 0. The van der Waals surface area contributed by atoms with E-state index in [1.165, 1.54) is 25.5 Å². The van der Waals surface area contributed by atoms with Crippen molar-refractivity contribution < 1.29 is 13.5 Å². The number of benzene rings is 2. The lowest BCUT2D eigenvalue weighted by Crippen LogP contribution is -1.98. The first kappa shape index (κ1) is 13.0. The molecule has 0 unspecified atom stereocenters. The molecule has 0 saturated heterocycles. The van der Waals surface area contributed by atoms with E-state index in [4.69, 9.17) is 0 Å². The summed E-state index contributed by atoms with van der Waals surface area (Å²) in [5, 5.41) is 3.85. The number of methoxy groups -OCH3 is 1. The standard InChI is InChI=1S/C14H12F2N2O/c1-19-12-8-7-10(13(15)14(12)16)9-17-18-11-5-3-2-4-6-11/h2-9,18H,1H3. The highest BCUT2D eigenvalue weighted by molar-refractivity contribution is 5.81. The quantitative estimate of drug-likeness (QED) is 0.676. The minimum Gasteiger partial charge on any atom is -0.494 e. The van der Waals surface area contributed by atoms with Crippen LogP contribution in [0.5, 0.6) is 5.75 Å². The van der Waals surface area contributed by atoms with Crippen LogP contribution in [0.4, 0.5) is 14.5 Å². The molecule has 0 bridgehead atoms. The monoisotopic (exact) mass is 262 g/mol. The molecule has 0 fully saturated rings. The van der Waals surface area contributed by atoms with E-state index in [0.717, 1.165) is 5.69 Å². The Kier molecular flexibility index (Phi) is 4.07. The molecule has 0 spiro atoms.